The summed E-state index contributed by atoms with van der Waals surface area (Å²) in [6.07, 6.45) is 0.953. The standard InChI is InChI=1S/C16H12O6/c17-15(18)21-13-7-3-11(4-8-13)1-2-12-5-9-14(10-6-12)22-16(19)20/h1-10H,(H,17,18)(H,19,20)/b2-1-. The van der Waals surface area contributed by atoms with Gasteiger partial charge in [0.1, 0.15) is 11.5 Å². The van der Waals surface area contributed by atoms with Gasteiger partial charge < -0.3 is 19.7 Å². The van der Waals surface area contributed by atoms with Gasteiger partial charge in [-0.1, -0.05) is 36.4 Å². The van der Waals surface area contributed by atoms with Crippen LogP contribution in [0.2, 0.25) is 0 Å². The Morgan fingerprint density at radius 3 is 1.27 bits per heavy atom. The summed E-state index contributed by atoms with van der Waals surface area (Å²) in [5, 5.41) is 17.0. The first kappa shape index (κ1) is 15.1. The van der Waals surface area contributed by atoms with E-state index in [0.29, 0.717) is 0 Å². The Balaban J connectivity index is 2.01. The third-order valence-electron chi connectivity index (χ3n) is 2.64. The smallest absolute Gasteiger partial charge is 0.449 e. The first-order chi connectivity index (χ1) is 10.5. The van der Waals surface area contributed by atoms with Crippen LogP contribution in [0.5, 0.6) is 11.5 Å². The average Bonchev–Trinajstić information content (AvgIpc) is 2.47. The second-order valence-corrected chi connectivity index (χ2v) is 4.21. The summed E-state index contributed by atoms with van der Waals surface area (Å²) >= 11 is 0. The number of carboxylic acid groups (broad SMARTS) is 2. The highest BCUT2D eigenvalue weighted by molar-refractivity contribution is 5.70. The van der Waals surface area contributed by atoms with Gasteiger partial charge in [0.25, 0.3) is 0 Å². The van der Waals surface area contributed by atoms with Crippen molar-refractivity contribution in [1.29, 1.82) is 0 Å². The van der Waals surface area contributed by atoms with E-state index in [2.05, 4.69) is 9.47 Å². The maximum atomic E-state index is 10.4. The Labute approximate surface area is 125 Å². The predicted octanol–water partition coefficient (Wildman–Crippen LogP) is 3.97. The molecule has 0 saturated heterocycles. The second-order valence-electron chi connectivity index (χ2n) is 4.21. The highest BCUT2D eigenvalue weighted by Crippen LogP contribution is 2.17. The summed E-state index contributed by atoms with van der Waals surface area (Å²) in [5.74, 6) is 0.500. The molecule has 0 aliphatic rings. The fourth-order valence-electron chi connectivity index (χ4n) is 1.69. The van der Waals surface area contributed by atoms with E-state index in [1.807, 2.05) is 12.2 Å². The van der Waals surface area contributed by atoms with E-state index in [1.54, 1.807) is 48.5 Å². The van der Waals surface area contributed by atoms with Gasteiger partial charge in [-0.3, -0.25) is 0 Å². The van der Waals surface area contributed by atoms with Crippen molar-refractivity contribution >= 4 is 24.5 Å². The molecule has 0 heterocycles. The zero-order chi connectivity index (χ0) is 15.9. The Kier molecular flexibility index (Phi) is 4.77. The Morgan fingerprint density at radius 1 is 0.682 bits per heavy atom. The van der Waals surface area contributed by atoms with E-state index in [-0.39, 0.29) is 11.5 Å². The minimum atomic E-state index is -1.35. The van der Waals surface area contributed by atoms with Crippen molar-refractivity contribution in [3.8, 4) is 11.5 Å². The first-order valence-corrected chi connectivity index (χ1v) is 6.23. The fourth-order valence-corrected chi connectivity index (χ4v) is 1.69. The highest BCUT2D eigenvalue weighted by Gasteiger charge is 2.00. The van der Waals surface area contributed by atoms with Crippen LogP contribution in [0, 0.1) is 0 Å². The molecule has 2 N–H and O–H groups in total. The zero-order valence-corrected chi connectivity index (χ0v) is 11.3. The van der Waals surface area contributed by atoms with Gasteiger partial charge in [-0.2, -0.15) is 0 Å². The van der Waals surface area contributed by atoms with Crippen molar-refractivity contribution in [2.75, 3.05) is 0 Å². The first-order valence-electron chi connectivity index (χ1n) is 6.23. The summed E-state index contributed by atoms with van der Waals surface area (Å²) in [5.41, 5.74) is 1.73. The number of rotatable bonds is 4. The maximum absolute atomic E-state index is 10.4. The third-order valence-corrected chi connectivity index (χ3v) is 2.64. The predicted molar refractivity (Wildman–Crippen MR) is 79.1 cm³/mol. The lowest BCUT2D eigenvalue weighted by atomic mass is 10.1. The van der Waals surface area contributed by atoms with Crippen LogP contribution in [0.1, 0.15) is 11.1 Å². The van der Waals surface area contributed by atoms with Crippen molar-refractivity contribution in [2.45, 2.75) is 0 Å². The summed E-state index contributed by atoms with van der Waals surface area (Å²) in [6, 6.07) is 13.1. The molecule has 0 unspecified atom stereocenters. The molecular formula is C16H12O6. The molecule has 0 aliphatic carbocycles. The molecular weight excluding hydrogens is 288 g/mol. The molecule has 2 aromatic carbocycles. The molecule has 2 aromatic rings. The van der Waals surface area contributed by atoms with Gasteiger partial charge in [0.15, 0.2) is 0 Å². The molecule has 6 nitrogen and oxygen atoms in total. The molecule has 0 aromatic heterocycles. The van der Waals surface area contributed by atoms with Crippen molar-refractivity contribution in [3.05, 3.63) is 59.7 Å². The van der Waals surface area contributed by atoms with E-state index < -0.39 is 12.3 Å². The highest BCUT2D eigenvalue weighted by atomic mass is 16.7. The van der Waals surface area contributed by atoms with Gasteiger partial charge >= 0.3 is 12.3 Å². The van der Waals surface area contributed by atoms with Gasteiger partial charge in [0, 0.05) is 0 Å². The van der Waals surface area contributed by atoms with Crippen LogP contribution < -0.4 is 9.47 Å². The van der Waals surface area contributed by atoms with E-state index in [1.165, 1.54) is 0 Å². The van der Waals surface area contributed by atoms with Crippen molar-refractivity contribution in [2.24, 2.45) is 0 Å². The van der Waals surface area contributed by atoms with E-state index >= 15 is 0 Å². The maximum Gasteiger partial charge on any atom is 0.511 e. The summed E-state index contributed by atoms with van der Waals surface area (Å²) in [4.78, 5) is 20.8. The normalized spacial score (nSPS) is 10.4. The minimum Gasteiger partial charge on any atom is -0.449 e. The molecule has 0 saturated carbocycles. The molecule has 0 aliphatic heterocycles. The summed E-state index contributed by atoms with van der Waals surface area (Å²) in [6.45, 7) is 0. The molecule has 0 atom stereocenters. The molecule has 6 heteroatoms. The molecule has 112 valence electrons. The van der Waals surface area contributed by atoms with Crippen LogP contribution in [0.3, 0.4) is 0 Å². The molecule has 0 fully saturated rings. The van der Waals surface area contributed by atoms with Gasteiger partial charge in [-0.25, -0.2) is 9.59 Å². The Morgan fingerprint density at radius 2 is 1.00 bits per heavy atom. The van der Waals surface area contributed by atoms with Gasteiger partial charge in [-0.15, -0.1) is 0 Å². The van der Waals surface area contributed by atoms with Gasteiger partial charge in [0.05, 0.1) is 0 Å². The van der Waals surface area contributed by atoms with E-state index in [9.17, 15) is 9.59 Å². The summed E-state index contributed by atoms with van der Waals surface area (Å²) in [7, 11) is 0. The van der Waals surface area contributed by atoms with Crippen molar-refractivity contribution in [1.82, 2.24) is 0 Å². The Hall–Kier alpha value is -3.28. The second kappa shape index (κ2) is 6.94. The van der Waals surface area contributed by atoms with Crippen LogP contribution in [0.4, 0.5) is 9.59 Å². The zero-order valence-electron chi connectivity index (χ0n) is 11.3. The summed E-state index contributed by atoms with van der Waals surface area (Å²) < 4.78 is 9.02. The number of ether oxygens (including phenoxy) is 2. The monoisotopic (exact) mass is 300 g/mol. The average molecular weight is 300 g/mol. The molecule has 22 heavy (non-hydrogen) atoms. The SMILES string of the molecule is O=C(O)Oc1ccc(/C=C\c2ccc(OC(=O)O)cc2)cc1. The van der Waals surface area contributed by atoms with Crippen LogP contribution in [-0.4, -0.2) is 22.5 Å². The van der Waals surface area contributed by atoms with Gasteiger partial charge in [-0.05, 0) is 35.4 Å². The third kappa shape index (κ3) is 4.68. The van der Waals surface area contributed by atoms with Crippen molar-refractivity contribution in [3.63, 3.8) is 0 Å². The molecule has 0 spiro atoms. The number of benzene rings is 2. The van der Waals surface area contributed by atoms with Crippen LogP contribution in [0.15, 0.2) is 48.5 Å². The molecule has 2 rings (SSSR count). The van der Waals surface area contributed by atoms with E-state index in [4.69, 9.17) is 10.2 Å². The minimum absolute atomic E-state index is 0.250. The lowest BCUT2D eigenvalue weighted by Gasteiger charge is -2.01. The molecule has 0 bridgehead atoms. The molecule has 0 amide bonds. The number of hydrogen-bond acceptors (Lipinski definition) is 4. The quantitative estimate of drug-likeness (QED) is 0.504. The van der Waals surface area contributed by atoms with Crippen LogP contribution in [0.25, 0.3) is 12.2 Å². The number of hydrogen-bond donors (Lipinski definition) is 2. The topological polar surface area (TPSA) is 93.1 Å². The largest absolute Gasteiger partial charge is 0.511 e. The fraction of sp³-hybridized carbons (Fsp3) is 0. The lowest BCUT2D eigenvalue weighted by molar-refractivity contribution is 0.143. The number of carbonyl (C=O) groups is 2. The van der Waals surface area contributed by atoms with Crippen LogP contribution in [-0.2, 0) is 0 Å². The Bertz CT molecular complexity index is 624. The van der Waals surface area contributed by atoms with Crippen LogP contribution >= 0.6 is 0 Å². The lowest BCUT2D eigenvalue weighted by Crippen LogP contribution is -2.02. The van der Waals surface area contributed by atoms with E-state index in [0.717, 1.165) is 11.1 Å². The molecule has 0 radical (unpaired) electrons. The van der Waals surface area contributed by atoms with Crippen molar-refractivity contribution < 1.29 is 29.3 Å². The van der Waals surface area contributed by atoms with Gasteiger partial charge in [0.2, 0.25) is 0 Å².